The van der Waals surface area contributed by atoms with Gasteiger partial charge in [0.15, 0.2) is 5.82 Å². The lowest BCUT2D eigenvalue weighted by Crippen LogP contribution is -1.98. The van der Waals surface area contributed by atoms with Crippen molar-refractivity contribution in [3.05, 3.63) is 192 Å². The molecule has 0 aliphatic heterocycles. The lowest BCUT2D eigenvalue weighted by molar-refractivity contribution is 1.16. The Labute approximate surface area is 339 Å². The molecule has 274 valence electrons. The number of nitrogens with zero attached hydrogens (tertiary/aromatic N) is 4. The van der Waals surface area contributed by atoms with E-state index in [-0.39, 0.29) is 0 Å². The molecule has 0 radical (unpaired) electrons. The van der Waals surface area contributed by atoms with E-state index in [0.717, 1.165) is 39.3 Å². The summed E-state index contributed by atoms with van der Waals surface area (Å²) in [6, 6.07) is 62.2. The molecular formula is C53H36N4S. The molecule has 7 aromatic carbocycles. The maximum absolute atomic E-state index is 5.15. The molecule has 0 saturated carbocycles. The SMILES string of the molecule is C/C=C\c1sc2c(ccc3c2c2ccccc2n3-c2cccc(-c3nc(-c4ccccc4)cc(-c4ccccc4)n3)c2)c1/C=C/n1c2ccccc2c2ccccc21. The molecular weight excluding hydrogens is 725 g/mol. The zero-order chi connectivity index (χ0) is 38.6. The third-order valence-electron chi connectivity index (χ3n) is 11.1. The Morgan fingerprint density at radius 3 is 1.72 bits per heavy atom. The first kappa shape index (κ1) is 34.0. The van der Waals surface area contributed by atoms with Crippen LogP contribution in [0.5, 0.6) is 0 Å². The van der Waals surface area contributed by atoms with Crippen molar-refractivity contribution >= 4 is 83.4 Å². The fraction of sp³-hybridized carbons (Fsp3) is 0.0189. The van der Waals surface area contributed by atoms with E-state index in [1.165, 1.54) is 58.6 Å². The van der Waals surface area contributed by atoms with Crippen molar-refractivity contribution < 1.29 is 0 Å². The normalized spacial score (nSPS) is 12.1. The second kappa shape index (κ2) is 14.0. The maximum atomic E-state index is 5.15. The van der Waals surface area contributed by atoms with E-state index in [9.17, 15) is 0 Å². The quantitative estimate of drug-likeness (QED) is 0.162. The highest BCUT2D eigenvalue weighted by Crippen LogP contribution is 2.44. The molecule has 58 heavy (non-hydrogen) atoms. The van der Waals surface area contributed by atoms with Crippen LogP contribution in [0, 0.1) is 0 Å². The summed E-state index contributed by atoms with van der Waals surface area (Å²) in [7, 11) is 0. The average molecular weight is 761 g/mol. The van der Waals surface area contributed by atoms with E-state index in [4.69, 9.17) is 9.97 Å². The van der Waals surface area contributed by atoms with Crippen LogP contribution in [0.25, 0.3) is 112 Å². The highest BCUT2D eigenvalue weighted by molar-refractivity contribution is 7.21. The number of aromatic nitrogens is 4. The molecule has 5 heteroatoms. The molecule has 0 fully saturated rings. The zero-order valence-corrected chi connectivity index (χ0v) is 32.6. The Balaban J connectivity index is 1.08. The van der Waals surface area contributed by atoms with Crippen molar-refractivity contribution in [2.75, 3.05) is 0 Å². The molecule has 0 aliphatic carbocycles. The summed E-state index contributed by atoms with van der Waals surface area (Å²) in [6.07, 6.45) is 8.94. The van der Waals surface area contributed by atoms with Crippen LogP contribution in [-0.2, 0) is 0 Å². The second-order valence-corrected chi connectivity index (χ2v) is 15.6. The van der Waals surface area contributed by atoms with E-state index in [1.807, 2.05) is 23.5 Å². The monoisotopic (exact) mass is 760 g/mol. The van der Waals surface area contributed by atoms with Crippen LogP contribution in [0.4, 0.5) is 0 Å². The molecule has 0 unspecified atom stereocenters. The molecule has 4 heterocycles. The van der Waals surface area contributed by atoms with Gasteiger partial charge < -0.3 is 9.13 Å². The van der Waals surface area contributed by atoms with Gasteiger partial charge in [0.1, 0.15) is 0 Å². The third-order valence-corrected chi connectivity index (χ3v) is 12.3. The summed E-state index contributed by atoms with van der Waals surface area (Å²) in [4.78, 5) is 11.5. The first-order valence-electron chi connectivity index (χ1n) is 19.6. The van der Waals surface area contributed by atoms with E-state index < -0.39 is 0 Å². The van der Waals surface area contributed by atoms with Crippen molar-refractivity contribution in [3.63, 3.8) is 0 Å². The first-order valence-corrected chi connectivity index (χ1v) is 20.4. The van der Waals surface area contributed by atoms with E-state index >= 15 is 0 Å². The van der Waals surface area contributed by atoms with Gasteiger partial charge in [0.2, 0.25) is 0 Å². The van der Waals surface area contributed by atoms with Crippen molar-refractivity contribution in [1.29, 1.82) is 0 Å². The lowest BCUT2D eigenvalue weighted by Gasteiger charge is -2.12. The van der Waals surface area contributed by atoms with Crippen LogP contribution >= 0.6 is 11.3 Å². The fourth-order valence-corrected chi connectivity index (χ4v) is 9.82. The van der Waals surface area contributed by atoms with Gasteiger partial charge in [-0.15, -0.1) is 11.3 Å². The van der Waals surface area contributed by atoms with Gasteiger partial charge in [-0.05, 0) is 61.5 Å². The number of rotatable bonds is 7. The number of para-hydroxylation sites is 3. The number of hydrogen-bond acceptors (Lipinski definition) is 3. The van der Waals surface area contributed by atoms with Gasteiger partial charge in [0, 0.05) is 70.6 Å². The Bertz CT molecular complexity index is 3290. The third kappa shape index (κ3) is 5.59. The molecule has 0 spiro atoms. The molecule has 0 N–H and O–H groups in total. The Morgan fingerprint density at radius 1 is 0.483 bits per heavy atom. The molecule has 0 bridgehead atoms. The molecule has 0 amide bonds. The summed E-state index contributed by atoms with van der Waals surface area (Å²) < 4.78 is 6.01. The van der Waals surface area contributed by atoms with E-state index in [1.54, 1.807) is 0 Å². The molecule has 0 saturated heterocycles. The van der Waals surface area contributed by atoms with Gasteiger partial charge in [-0.3, -0.25) is 0 Å². The largest absolute Gasteiger partial charge is 0.316 e. The van der Waals surface area contributed by atoms with Crippen LogP contribution in [0.3, 0.4) is 0 Å². The average Bonchev–Trinajstić information content (AvgIpc) is 3.93. The van der Waals surface area contributed by atoms with Crippen LogP contribution < -0.4 is 0 Å². The molecule has 0 atom stereocenters. The van der Waals surface area contributed by atoms with E-state index in [2.05, 4.69) is 204 Å². The molecule has 4 nitrogen and oxygen atoms in total. The molecule has 4 aromatic heterocycles. The molecule has 11 rings (SSSR count). The topological polar surface area (TPSA) is 35.6 Å². The van der Waals surface area contributed by atoms with Crippen molar-refractivity contribution in [1.82, 2.24) is 19.1 Å². The number of thiophene rings is 1. The Morgan fingerprint density at radius 2 is 1.07 bits per heavy atom. The van der Waals surface area contributed by atoms with E-state index in [0.29, 0.717) is 5.82 Å². The minimum absolute atomic E-state index is 0.694. The summed E-state index contributed by atoms with van der Waals surface area (Å²) >= 11 is 1.86. The van der Waals surface area contributed by atoms with Crippen LogP contribution in [0.2, 0.25) is 0 Å². The van der Waals surface area contributed by atoms with Gasteiger partial charge in [-0.25, -0.2) is 9.97 Å². The highest BCUT2D eigenvalue weighted by Gasteiger charge is 2.20. The van der Waals surface area contributed by atoms with Crippen molar-refractivity contribution in [3.8, 4) is 39.6 Å². The lowest BCUT2D eigenvalue weighted by atomic mass is 10.1. The maximum Gasteiger partial charge on any atom is 0.160 e. The predicted octanol–water partition coefficient (Wildman–Crippen LogP) is 14.6. The number of hydrogen-bond donors (Lipinski definition) is 0. The smallest absolute Gasteiger partial charge is 0.160 e. The number of allylic oxidation sites excluding steroid dienone is 1. The van der Waals surface area contributed by atoms with Crippen LogP contribution in [0.15, 0.2) is 182 Å². The molecule has 0 aliphatic rings. The van der Waals surface area contributed by atoms with Crippen molar-refractivity contribution in [2.24, 2.45) is 0 Å². The number of fused-ring (bicyclic) bond motifs is 8. The van der Waals surface area contributed by atoms with Gasteiger partial charge in [-0.2, -0.15) is 0 Å². The predicted molar refractivity (Wildman–Crippen MR) is 247 cm³/mol. The zero-order valence-electron chi connectivity index (χ0n) is 31.7. The Hall–Kier alpha value is -7.34. The van der Waals surface area contributed by atoms with Gasteiger partial charge in [0.05, 0.1) is 33.5 Å². The van der Waals surface area contributed by atoms with Gasteiger partial charge in [0.25, 0.3) is 0 Å². The summed E-state index contributed by atoms with van der Waals surface area (Å²) in [5.41, 5.74) is 11.9. The summed E-state index contributed by atoms with van der Waals surface area (Å²) in [6.45, 7) is 2.10. The molecule has 11 aromatic rings. The minimum Gasteiger partial charge on any atom is -0.316 e. The minimum atomic E-state index is 0.694. The highest BCUT2D eigenvalue weighted by atomic mass is 32.1. The first-order chi connectivity index (χ1) is 28.7. The van der Waals surface area contributed by atoms with Gasteiger partial charge in [-0.1, -0.05) is 140 Å². The van der Waals surface area contributed by atoms with Gasteiger partial charge >= 0.3 is 0 Å². The van der Waals surface area contributed by atoms with Crippen LogP contribution in [0.1, 0.15) is 17.4 Å². The summed E-state index contributed by atoms with van der Waals surface area (Å²) in [5.74, 6) is 0.694. The fourth-order valence-electron chi connectivity index (χ4n) is 8.51. The van der Waals surface area contributed by atoms with Crippen LogP contribution in [-0.4, -0.2) is 19.1 Å². The Kier molecular flexibility index (Phi) is 8.19. The second-order valence-electron chi connectivity index (χ2n) is 14.5. The van der Waals surface area contributed by atoms with Crippen molar-refractivity contribution in [2.45, 2.75) is 6.92 Å². The number of benzene rings is 7. The summed E-state index contributed by atoms with van der Waals surface area (Å²) in [5, 5.41) is 6.27. The standard InChI is InChI=1S/C53H36N4S/c1-2-16-50-41(31-32-56-46-26-12-9-23-39(46)40-24-10-13-27-47(40)56)42-29-30-49-51(52(42)58-50)43-25-11-14-28-48(43)57(49)38-22-15-21-37(33-38)53-54-44(35-17-5-3-6-18-35)34-45(55-53)36-19-7-4-8-20-36/h2-34H,1H3/b16-2-,32-31+.